The van der Waals surface area contributed by atoms with Gasteiger partial charge >= 0.3 is 0 Å². The van der Waals surface area contributed by atoms with Crippen molar-refractivity contribution in [1.82, 2.24) is 9.47 Å². The fraction of sp³-hybridized carbons (Fsp3) is 0.200. The maximum absolute atomic E-state index is 12.9. The lowest BCUT2D eigenvalue weighted by atomic mass is 9.95. The minimum absolute atomic E-state index is 0.0964. The number of nitrogens with zero attached hydrogens (tertiary/aromatic N) is 2. The number of fused-ring (bicyclic) bond motifs is 2. The maximum Gasteiger partial charge on any atom is 0.255 e. The minimum Gasteiger partial charge on any atom is -0.368 e. The monoisotopic (exact) mass is 333 g/mol. The van der Waals surface area contributed by atoms with Gasteiger partial charge in [0.25, 0.3) is 5.91 Å². The maximum atomic E-state index is 12.9. The molecule has 0 radical (unpaired) electrons. The molecule has 126 valence electrons. The summed E-state index contributed by atoms with van der Waals surface area (Å²) in [7, 11) is 2.02. The van der Waals surface area contributed by atoms with Gasteiger partial charge in [0.1, 0.15) is 6.54 Å². The summed E-state index contributed by atoms with van der Waals surface area (Å²) in [5, 5.41) is 1.09. The zero-order valence-electron chi connectivity index (χ0n) is 14.2. The molecule has 5 heteroatoms. The summed E-state index contributed by atoms with van der Waals surface area (Å²) in [5.74, 6) is -0.657. The molecule has 2 amide bonds. The molecule has 0 spiro atoms. The Morgan fingerprint density at radius 3 is 2.56 bits per heavy atom. The van der Waals surface area contributed by atoms with Gasteiger partial charge in [0, 0.05) is 34.8 Å². The highest BCUT2D eigenvalue weighted by molar-refractivity contribution is 6.02. The standard InChI is InChI=1S/C20H19N3O2/c1-12-18(15-9-5-6-10-16(15)22(12)2)19-13-7-3-4-8-14(13)20(25)23(19)11-17(21)24/h3-10,19H,11H2,1-2H3,(H2,21,24)/t19-/m1/s1. The highest BCUT2D eigenvalue weighted by atomic mass is 16.2. The molecular weight excluding hydrogens is 314 g/mol. The number of primary amides is 1. The highest BCUT2D eigenvalue weighted by Gasteiger charge is 2.40. The van der Waals surface area contributed by atoms with Crippen LogP contribution in [0.4, 0.5) is 0 Å². The van der Waals surface area contributed by atoms with Gasteiger partial charge in [0.15, 0.2) is 0 Å². The van der Waals surface area contributed by atoms with Crippen molar-refractivity contribution >= 4 is 22.7 Å². The normalized spacial score (nSPS) is 16.5. The Kier molecular flexibility index (Phi) is 3.39. The van der Waals surface area contributed by atoms with Crippen molar-refractivity contribution in [2.24, 2.45) is 12.8 Å². The predicted octanol–water partition coefficient (Wildman–Crippen LogP) is 2.52. The molecule has 2 N–H and O–H groups in total. The minimum atomic E-state index is -0.510. The van der Waals surface area contributed by atoms with Gasteiger partial charge in [0.2, 0.25) is 5.91 Å². The summed E-state index contributed by atoms with van der Waals surface area (Å²) in [5.41, 5.74) is 10.2. The Morgan fingerprint density at radius 1 is 1.12 bits per heavy atom. The molecule has 0 saturated carbocycles. The summed E-state index contributed by atoms with van der Waals surface area (Å²) >= 11 is 0. The lowest BCUT2D eigenvalue weighted by Gasteiger charge is -2.25. The molecule has 1 atom stereocenters. The van der Waals surface area contributed by atoms with Crippen LogP contribution < -0.4 is 5.73 Å². The van der Waals surface area contributed by atoms with Gasteiger partial charge in [0.05, 0.1) is 6.04 Å². The number of amides is 2. The van der Waals surface area contributed by atoms with Crippen LogP contribution in [0.15, 0.2) is 48.5 Å². The third-order valence-electron chi connectivity index (χ3n) is 5.11. The molecule has 4 rings (SSSR count). The molecule has 2 aromatic carbocycles. The molecule has 5 nitrogen and oxygen atoms in total. The van der Waals surface area contributed by atoms with Crippen molar-refractivity contribution in [1.29, 1.82) is 0 Å². The van der Waals surface area contributed by atoms with Crippen LogP contribution >= 0.6 is 0 Å². The Balaban J connectivity index is 2.01. The fourth-order valence-electron chi connectivity index (χ4n) is 3.91. The molecule has 0 fully saturated rings. The summed E-state index contributed by atoms with van der Waals surface area (Å²) in [6, 6.07) is 15.4. The summed E-state index contributed by atoms with van der Waals surface area (Å²) in [4.78, 5) is 26.1. The van der Waals surface area contributed by atoms with Crippen LogP contribution in [0.3, 0.4) is 0 Å². The second kappa shape index (κ2) is 5.48. The first-order valence-electron chi connectivity index (χ1n) is 8.22. The Labute approximate surface area is 145 Å². The predicted molar refractivity (Wildman–Crippen MR) is 96.2 cm³/mol. The van der Waals surface area contributed by atoms with E-state index in [0.29, 0.717) is 5.56 Å². The zero-order valence-corrected chi connectivity index (χ0v) is 14.2. The van der Waals surface area contributed by atoms with Gasteiger partial charge in [-0.25, -0.2) is 0 Å². The average Bonchev–Trinajstić information content (AvgIpc) is 3.01. The van der Waals surface area contributed by atoms with Crippen molar-refractivity contribution in [3.05, 3.63) is 70.9 Å². The highest BCUT2D eigenvalue weighted by Crippen LogP contribution is 2.43. The topological polar surface area (TPSA) is 68.3 Å². The van der Waals surface area contributed by atoms with Crippen molar-refractivity contribution in [2.75, 3.05) is 6.54 Å². The first kappa shape index (κ1) is 15.4. The summed E-state index contributed by atoms with van der Waals surface area (Å²) in [6.07, 6.45) is 0. The number of benzene rings is 2. The van der Waals surface area contributed by atoms with E-state index in [4.69, 9.17) is 5.73 Å². The first-order chi connectivity index (χ1) is 12.0. The average molecular weight is 333 g/mol. The number of hydrogen-bond donors (Lipinski definition) is 1. The fourth-order valence-corrected chi connectivity index (χ4v) is 3.91. The van der Waals surface area contributed by atoms with Crippen molar-refractivity contribution in [3.63, 3.8) is 0 Å². The molecule has 1 aromatic heterocycles. The van der Waals surface area contributed by atoms with E-state index in [2.05, 4.69) is 16.7 Å². The van der Waals surface area contributed by atoms with Crippen LogP contribution in [-0.2, 0) is 11.8 Å². The molecule has 2 heterocycles. The molecular formula is C20H19N3O2. The number of hydrogen-bond acceptors (Lipinski definition) is 2. The molecule has 0 bridgehead atoms. The van der Waals surface area contributed by atoms with Gasteiger partial charge in [-0.05, 0) is 24.6 Å². The van der Waals surface area contributed by atoms with Gasteiger partial charge in [-0.2, -0.15) is 0 Å². The van der Waals surface area contributed by atoms with Crippen LogP contribution in [0.25, 0.3) is 10.9 Å². The number of nitrogens with two attached hydrogens (primary N) is 1. The van der Waals surface area contributed by atoms with E-state index in [9.17, 15) is 9.59 Å². The van der Waals surface area contributed by atoms with Gasteiger partial charge < -0.3 is 15.2 Å². The third-order valence-corrected chi connectivity index (χ3v) is 5.11. The number of para-hydroxylation sites is 1. The van der Waals surface area contributed by atoms with Crippen LogP contribution in [0.1, 0.15) is 33.2 Å². The Morgan fingerprint density at radius 2 is 1.80 bits per heavy atom. The number of carbonyl (C=O) groups excluding carboxylic acids is 2. The van der Waals surface area contributed by atoms with E-state index >= 15 is 0 Å². The third kappa shape index (κ3) is 2.16. The van der Waals surface area contributed by atoms with E-state index in [-0.39, 0.29) is 18.5 Å². The van der Waals surface area contributed by atoms with Gasteiger partial charge in [-0.15, -0.1) is 0 Å². The second-order valence-electron chi connectivity index (χ2n) is 6.46. The number of aromatic nitrogens is 1. The molecule has 25 heavy (non-hydrogen) atoms. The summed E-state index contributed by atoms with van der Waals surface area (Å²) in [6.45, 7) is 1.95. The smallest absolute Gasteiger partial charge is 0.255 e. The number of carbonyl (C=O) groups is 2. The molecule has 0 aliphatic carbocycles. The Bertz CT molecular complexity index is 1020. The largest absolute Gasteiger partial charge is 0.368 e. The van der Waals surface area contributed by atoms with E-state index < -0.39 is 5.91 Å². The summed E-state index contributed by atoms with van der Waals surface area (Å²) < 4.78 is 2.12. The second-order valence-corrected chi connectivity index (χ2v) is 6.46. The SMILES string of the molecule is Cc1c([C@H]2c3ccccc3C(=O)N2CC(N)=O)c2ccccc2n1C. The lowest BCUT2D eigenvalue weighted by molar-refractivity contribution is -0.118. The number of aryl methyl sites for hydroxylation is 1. The molecule has 1 aliphatic rings. The lowest BCUT2D eigenvalue weighted by Crippen LogP contribution is -2.37. The van der Waals surface area contributed by atoms with Crippen LogP contribution in [0.2, 0.25) is 0 Å². The first-order valence-corrected chi connectivity index (χ1v) is 8.22. The molecule has 3 aromatic rings. The van der Waals surface area contributed by atoms with Crippen LogP contribution in [0, 0.1) is 6.92 Å². The van der Waals surface area contributed by atoms with E-state index in [0.717, 1.165) is 27.7 Å². The Hall–Kier alpha value is -3.08. The van der Waals surface area contributed by atoms with Crippen LogP contribution in [0.5, 0.6) is 0 Å². The quantitative estimate of drug-likeness (QED) is 0.800. The van der Waals surface area contributed by atoms with E-state index in [1.54, 1.807) is 4.90 Å². The van der Waals surface area contributed by atoms with Crippen LogP contribution in [-0.4, -0.2) is 27.8 Å². The zero-order chi connectivity index (χ0) is 17.7. The molecule has 0 saturated heterocycles. The van der Waals surface area contributed by atoms with Crippen molar-refractivity contribution in [3.8, 4) is 0 Å². The van der Waals surface area contributed by atoms with Crippen molar-refractivity contribution in [2.45, 2.75) is 13.0 Å². The van der Waals surface area contributed by atoms with E-state index in [1.165, 1.54) is 0 Å². The number of rotatable bonds is 3. The van der Waals surface area contributed by atoms with Gasteiger partial charge in [-0.1, -0.05) is 36.4 Å². The van der Waals surface area contributed by atoms with Gasteiger partial charge in [-0.3, -0.25) is 9.59 Å². The molecule has 1 aliphatic heterocycles. The van der Waals surface area contributed by atoms with E-state index in [1.807, 2.05) is 50.4 Å². The van der Waals surface area contributed by atoms with Crippen molar-refractivity contribution < 1.29 is 9.59 Å². The molecule has 0 unspecified atom stereocenters.